The first-order valence-electron chi connectivity index (χ1n) is 8.10. The Morgan fingerprint density at radius 3 is 2.96 bits per heavy atom. The molecule has 0 saturated carbocycles. The van der Waals surface area contributed by atoms with E-state index in [1.54, 1.807) is 7.11 Å². The van der Waals surface area contributed by atoms with Gasteiger partial charge in [0.25, 0.3) is 5.91 Å². The summed E-state index contributed by atoms with van der Waals surface area (Å²) in [6.45, 7) is 5.58. The van der Waals surface area contributed by atoms with Crippen LogP contribution in [0.5, 0.6) is 0 Å². The van der Waals surface area contributed by atoms with Gasteiger partial charge < -0.3 is 14.5 Å². The number of nitrogens with zero attached hydrogens (tertiary/aromatic N) is 4. The van der Waals surface area contributed by atoms with Gasteiger partial charge in [-0.15, -0.1) is 0 Å². The first-order valence-corrected chi connectivity index (χ1v) is 8.87. The molecule has 1 aliphatic rings. The Morgan fingerprint density at radius 1 is 1.29 bits per heavy atom. The molecule has 6 nitrogen and oxygen atoms in total. The average molecular weight is 346 g/mol. The van der Waals surface area contributed by atoms with Crippen molar-refractivity contribution in [2.24, 2.45) is 0 Å². The van der Waals surface area contributed by atoms with Crippen LogP contribution in [0.15, 0.2) is 24.3 Å². The summed E-state index contributed by atoms with van der Waals surface area (Å²) in [5.74, 6) is 0.826. The summed E-state index contributed by atoms with van der Waals surface area (Å²) >= 11 is 1.39. The molecular formula is C17H22N4O2S. The maximum atomic E-state index is 12.7. The number of aromatic nitrogens is 2. The first-order chi connectivity index (χ1) is 11.7. The minimum absolute atomic E-state index is 0.109. The summed E-state index contributed by atoms with van der Waals surface area (Å²) in [6, 6.07) is 7.78. The van der Waals surface area contributed by atoms with Crippen molar-refractivity contribution in [3.8, 4) is 0 Å². The maximum absolute atomic E-state index is 12.7. The number of ether oxygens (including phenoxy) is 1. The Bertz CT molecular complexity index is 703. The van der Waals surface area contributed by atoms with Crippen LogP contribution in [0, 0.1) is 6.92 Å². The minimum Gasteiger partial charge on any atom is -0.377 e. The number of benzene rings is 1. The van der Waals surface area contributed by atoms with Crippen molar-refractivity contribution in [3.63, 3.8) is 0 Å². The van der Waals surface area contributed by atoms with Gasteiger partial charge >= 0.3 is 0 Å². The third kappa shape index (κ3) is 3.91. The molecule has 0 N–H and O–H groups in total. The number of anilines is 1. The standard InChI is InChI=1S/C17H22N4O2S/c1-13-5-3-6-14(11-13)16(22)20-7-4-8-21(10-9-20)17-18-15(12-23-2)19-24-17/h3,5-6,11H,4,7-10,12H2,1-2H3. The molecule has 1 aromatic carbocycles. The largest absolute Gasteiger partial charge is 0.377 e. The highest BCUT2D eigenvalue weighted by molar-refractivity contribution is 7.09. The van der Waals surface area contributed by atoms with Gasteiger partial charge in [-0.25, -0.2) is 4.98 Å². The normalized spacial score (nSPS) is 15.4. The Balaban J connectivity index is 1.65. The van der Waals surface area contributed by atoms with Crippen molar-refractivity contribution in [2.45, 2.75) is 20.0 Å². The van der Waals surface area contributed by atoms with E-state index in [2.05, 4.69) is 14.3 Å². The fraction of sp³-hybridized carbons (Fsp3) is 0.471. The molecule has 2 heterocycles. The van der Waals surface area contributed by atoms with Gasteiger partial charge in [-0.1, -0.05) is 17.7 Å². The number of hydrogen-bond donors (Lipinski definition) is 0. The van der Waals surface area contributed by atoms with Crippen LogP contribution in [0.3, 0.4) is 0 Å². The van der Waals surface area contributed by atoms with Crippen LogP contribution >= 0.6 is 11.5 Å². The second-order valence-electron chi connectivity index (χ2n) is 5.93. The van der Waals surface area contributed by atoms with E-state index in [1.165, 1.54) is 11.5 Å². The molecule has 128 valence electrons. The molecule has 3 rings (SSSR count). The van der Waals surface area contributed by atoms with Gasteiger partial charge in [0.05, 0.1) is 0 Å². The number of amides is 1. The fourth-order valence-electron chi connectivity index (χ4n) is 2.83. The minimum atomic E-state index is 0.109. The number of hydrogen-bond acceptors (Lipinski definition) is 6. The summed E-state index contributed by atoms with van der Waals surface area (Å²) in [6.07, 6.45) is 0.927. The highest BCUT2D eigenvalue weighted by Crippen LogP contribution is 2.20. The van der Waals surface area contributed by atoms with Crippen LogP contribution in [-0.2, 0) is 11.3 Å². The lowest BCUT2D eigenvalue weighted by molar-refractivity contribution is 0.0767. The third-order valence-corrected chi connectivity index (χ3v) is 4.86. The predicted molar refractivity (Wildman–Crippen MR) is 94.5 cm³/mol. The van der Waals surface area contributed by atoms with Gasteiger partial charge in [0.1, 0.15) is 6.61 Å². The zero-order valence-corrected chi connectivity index (χ0v) is 14.9. The van der Waals surface area contributed by atoms with Gasteiger partial charge in [-0.2, -0.15) is 4.37 Å². The molecule has 1 aliphatic heterocycles. The summed E-state index contributed by atoms with van der Waals surface area (Å²) in [5.41, 5.74) is 1.87. The maximum Gasteiger partial charge on any atom is 0.253 e. The Labute approximate surface area is 146 Å². The highest BCUT2D eigenvalue weighted by atomic mass is 32.1. The van der Waals surface area contributed by atoms with Crippen molar-refractivity contribution in [1.82, 2.24) is 14.3 Å². The Morgan fingerprint density at radius 2 is 2.17 bits per heavy atom. The predicted octanol–water partition coefficient (Wildman–Crippen LogP) is 2.35. The van der Waals surface area contributed by atoms with Gasteiger partial charge in [0.2, 0.25) is 5.13 Å². The van der Waals surface area contributed by atoms with Crippen LogP contribution in [0.4, 0.5) is 5.13 Å². The summed E-state index contributed by atoms with van der Waals surface area (Å²) in [5, 5.41) is 0.909. The zero-order chi connectivity index (χ0) is 16.9. The second-order valence-corrected chi connectivity index (χ2v) is 6.66. The van der Waals surface area contributed by atoms with Crippen LogP contribution in [0.25, 0.3) is 0 Å². The smallest absolute Gasteiger partial charge is 0.253 e. The number of aryl methyl sites for hydroxylation is 1. The van der Waals surface area contributed by atoms with E-state index in [1.807, 2.05) is 36.1 Å². The fourth-order valence-corrected chi connectivity index (χ4v) is 3.56. The van der Waals surface area contributed by atoms with Crippen molar-refractivity contribution < 1.29 is 9.53 Å². The second kappa shape index (κ2) is 7.72. The van der Waals surface area contributed by atoms with Gasteiger partial charge in [-0.3, -0.25) is 4.79 Å². The molecule has 2 aromatic rings. The van der Waals surface area contributed by atoms with E-state index in [0.717, 1.165) is 48.1 Å². The van der Waals surface area contributed by atoms with Crippen LogP contribution in [0.1, 0.15) is 28.2 Å². The molecule has 0 bridgehead atoms. The average Bonchev–Trinajstić information content (AvgIpc) is 2.90. The first kappa shape index (κ1) is 16.9. The van der Waals surface area contributed by atoms with E-state index < -0.39 is 0 Å². The van der Waals surface area contributed by atoms with Crippen molar-refractivity contribution in [3.05, 3.63) is 41.2 Å². The van der Waals surface area contributed by atoms with Gasteiger partial charge in [-0.05, 0) is 25.5 Å². The molecule has 0 spiro atoms. The molecule has 1 amide bonds. The molecule has 7 heteroatoms. The molecule has 1 saturated heterocycles. The van der Waals surface area contributed by atoms with Gasteiger partial charge in [0.15, 0.2) is 5.82 Å². The van der Waals surface area contributed by atoms with Crippen molar-refractivity contribution in [1.29, 1.82) is 0 Å². The highest BCUT2D eigenvalue weighted by Gasteiger charge is 2.22. The van der Waals surface area contributed by atoms with E-state index in [-0.39, 0.29) is 5.91 Å². The molecule has 24 heavy (non-hydrogen) atoms. The SMILES string of the molecule is COCc1nsc(N2CCCN(C(=O)c3cccc(C)c3)CC2)n1. The molecule has 1 aromatic heterocycles. The van der Waals surface area contributed by atoms with Crippen molar-refractivity contribution >= 4 is 22.6 Å². The lowest BCUT2D eigenvalue weighted by Crippen LogP contribution is -2.35. The Kier molecular flexibility index (Phi) is 5.42. The van der Waals surface area contributed by atoms with Crippen LogP contribution in [0.2, 0.25) is 0 Å². The third-order valence-electron chi connectivity index (χ3n) is 4.05. The van der Waals surface area contributed by atoms with Gasteiger partial charge in [0, 0.05) is 50.4 Å². The summed E-state index contributed by atoms with van der Waals surface area (Å²) < 4.78 is 9.38. The van der Waals surface area contributed by atoms with E-state index in [4.69, 9.17) is 4.74 Å². The number of carbonyl (C=O) groups excluding carboxylic acids is 1. The summed E-state index contributed by atoms with van der Waals surface area (Å²) in [4.78, 5) is 21.4. The van der Waals surface area contributed by atoms with E-state index >= 15 is 0 Å². The lowest BCUT2D eigenvalue weighted by Gasteiger charge is -2.21. The summed E-state index contributed by atoms with van der Waals surface area (Å²) in [7, 11) is 1.64. The lowest BCUT2D eigenvalue weighted by atomic mass is 10.1. The molecule has 0 atom stereocenters. The Hall–Kier alpha value is -1.99. The monoisotopic (exact) mass is 346 g/mol. The van der Waals surface area contributed by atoms with Crippen LogP contribution < -0.4 is 4.90 Å². The zero-order valence-electron chi connectivity index (χ0n) is 14.1. The molecule has 1 fully saturated rings. The topological polar surface area (TPSA) is 58.6 Å². The quantitative estimate of drug-likeness (QED) is 0.850. The molecule has 0 aliphatic carbocycles. The molecule has 0 unspecified atom stereocenters. The number of rotatable bonds is 4. The number of methoxy groups -OCH3 is 1. The van der Waals surface area contributed by atoms with E-state index in [0.29, 0.717) is 13.2 Å². The van der Waals surface area contributed by atoms with Crippen molar-refractivity contribution in [2.75, 3.05) is 38.2 Å². The molecular weight excluding hydrogens is 324 g/mol. The van der Waals surface area contributed by atoms with E-state index in [9.17, 15) is 4.79 Å². The number of carbonyl (C=O) groups is 1. The van der Waals surface area contributed by atoms with Crippen LogP contribution in [-0.4, -0.2) is 53.5 Å². The molecule has 0 radical (unpaired) electrons.